The molecular formula is C12H14FNO4. The van der Waals surface area contributed by atoms with E-state index in [1.54, 1.807) is 0 Å². The monoisotopic (exact) mass is 255 g/mol. The van der Waals surface area contributed by atoms with E-state index in [0.29, 0.717) is 5.56 Å². The number of carboxylic acid groups (broad SMARTS) is 1. The molecule has 0 bridgehead atoms. The van der Waals surface area contributed by atoms with Gasteiger partial charge in [-0.2, -0.15) is 0 Å². The molecule has 1 aromatic rings. The second kappa shape index (κ2) is 6.00. The van der Waals surface area contributed by atoms with E-state index in [9.17, 15) is 14.0 Å². The number of nitrogens with one attached hydrogen (secondary N) is 1. The Balaban J connectivity index is 3.00. The van der Waals surface area contributed by atoms with Gasteiger partial charge in [0.25, 0.3) is 0 Å². The summed E-state index contributed by atoms with van der Waals surface area (Å²) < 4.78 is 18.3. The van der Waals surface area contributed by atoms with Crippen molar-refractivity contribution in [2.24, 2.45) is 0 Å². The predicted octanol–water partition coefficient (Wildman–Crippen LogP) is 1.49. The van der Waals surface area contributed by atoms with Crippen LogP contribution in [0.3, 0.4) is 0 Å². The Morgan fingerprint density at radius 3 is 2.61 bits per heavy atom. The third kappa shape index (κ3) is 3.73. The summed E-state index contributed by atoms with van der Waals surface area (Å²) in [6.45, 7) is 1.27. The van der Waals surface area contributed by atoms with Crippen molar-refractivity contribution < 1.29 is 23.8 Å². The molecule has 1 amide bonds. The first-order valence-electron chi connectivity index (χ1n) is 5.26. The van der Waals surface area contributed by atoms with Crippen LogP contribution in [-0.2, 0) is 9.59 Å². The summed E-state index contributed by atoms with van der Waals surface area (Å²) in [6, 6.07) is 3.30. The summed E-state index contributed by atoms with van der Waals surface area (Å²) >= 11 is 0. The van der Waals surface area contributed by atoms with Gasteiger partial charge in [0.15, 0.2) is 11.6 Å². The number of ether oxygens (including phenoxy) is 1. The molecule has 98 valence electrons. The number of carboxylic acids is 1. The van der Waals surface area contributed by atoms with Crippen LogP contribution >= 0.6 is 0 Å². The van der Waals surface area contributed by atoms with Gasteiger partial charge in [-0.25, -0.2) is 4.39 Å². The number of methoxy groups -OCH3 is 1. The van der Waals surface area contributed by atoms with E-state index < -0.39 is 17.8 Å². The topological polar surface area (TPSA) is 75.6 Å². The summed E-state index contributed by atoms with van der Waals surface area (Å²) in [7, 11) is 1.33. The molecule has 1 unspecified atom stereocenters. The first-order valence-corrected chi connectivity index (χ1v) is 5.26. The fourth-order valence-corrected chi connectivity index (χ4v) is 1.57. The molecule has 0 radical (unpaired) electrons. The summed E-state index contributed by atoms with van der Waals surface area (Å²) in [5.74, 6) is -1.99. The molecule has 1 aromatic carbocycles. The Morgan fingerprint density at radius 2 is 2.17 bits per heavy atom. The third-order valence-electron chi connectivity index (χ3n) is 2.33. The molecule has 0 saturated carbocycles. The van der Waals surface area contributed by atoms with Gasteiger partial charge in [0, 0.05) is 6.92 Å². The van der Waals surface area contributed by atoms with E-state index in [0.717, 1.165) is 6.07 Å². The van der Waals surface area contributed by atoms with Gasteiger partial charge in [-0.1, -0.05) is 6.07 Å². The molecular weight excluding hydrogens is 241 g/mol. The maximum atomic E-state index is 13.5. The van der Waals surface area contributed by atoms with Crippen molar-refractivity contribution >= 4 is 11.9 Å². The smallest absolute Gasteiger partial charge is 0.305 e. The van der Waals surface area contributed by atoms with E-state index in [-0.39, 0.29) is 18.1 Å². The Kier molecular flexibility index (Phi) is 4.65. The lowest BCUT2D eigenvalue weighted by molar-refractivity contribution is -0.137. The van der Waals surface area contributed by atoms with Gasteiger partial charge in [0.2, 0.25) is 5.91 Å². The molecule has 0 aliphatic carbocycles. The molecule has 2 N–H and O–H groups in total. The maximum Gasteiger partial charge on any atom is 0.305 e. The minimum atomic E-state index is -1.08. The first kappa shape index (κ1) is 14.0. The number of benzene rings is 1. The Morgan fingerprint density at radius 1 is 1.50 bits per heavy atom. The molecule has 1 atom stereocenters. The number of hydrogen-bond donors (Lipinski definition) is 2. The van der Waals surface area contributed by atoms with Crippen molar-refractivity contribution in [3.63, 3.8) is 0 Å². The number of carbonyl (C=O) groups is 2. The first-order chi connectivity index (χ1) is 8.43. The van der Waals surface area contributed by atoms with Gasteiger partial charge in [0.05, 0.1) is 19.6 Å². The molecule has 5 nitrogen and oxygen atoms in total. The highest BCUT2D eigenvalue weighted by atomic mass is 19.1. The van der Waals surface area contributed by atoms with Gasteiger partial charge in [0.1, 0.15) is 0 Å². The van der Waals surface area contributed by atoms with Crippen molar-refractivity contribution in [3.8, 4) is 5.75 Å². The molecule has 0 aromatic heterocycles. The van der Waals surface area contributed by atoms with Gasteiger partial charge in [-0.05, 0) is 17.7 Å². The molecule has 0 heterocycles. The summed E-state index contributed by atoms with van der Waals surface area (Å²) in [5, 5.41) is 11.2. The normalized spacial score (nSPS) is 11.7. The Labute approximate surface area is 104 Å². The highest BCUT2D eigenvalue weighted by Gasteiger charge is 2.18. The molecule has 18 heavy (non-hydrogen) atoms. The molecule has 0 aliphatic heterocycles. The van der Waals surface area contributed by atoms with E-state index in [1.807, 2.05) is 0 Å². The van der Waals surface area contributed by atoms with Crippen molar-refractivity contribution in [1.82, 2.24) is 5.32 Å². The average molecular weight is 255 g/mol. The minimum Gasteiger partial charge on any atom is -0.494 e. The van der Waals surface area contributed by atoms with Crippen LogP contribution in [0, 0.1) is 5.82 Å². The quantitative estimate of drug-likeness (QED) is 0.835. The minimum absolute atomic E-state index is 0.0654. The second-order valence-electron chi connectivity index (χ2n) is 3.74. The largest absolute Gasteiger partial charge is 0.494 e. The van der Waals surface area contributed by atoms with E-state index in [2.05, 4.69) is 5.32 Å². The third-order valence-corrected chi connectivity index (χ3v) is 2.33. The maximum absolute atomic E-state index is 13.5. The highest BCUT2D eigenvalue weighted by Crippen LogP contribution is 2.23. The lowest BCUT2D eigenvalue weighted by atomic mass is 10.0. The van der Waals surface area contributed by atoms with Crippen LogP contribution < -0.4 is 10.1 Å². The predicted molar refractivity (Wildman–Crippen MR) is 61.8 cm³/mol. The van der Waals surface area contributed by atoms with Gasteiger partial charge in [-0.3, -0.25) is 9.59 Å². The number of halogens is 1. The Bertz CT molecular complexity index is 445. The van der Waals surface area contributed by atoms with E-state index >= 15 is 0 Å². The van der Waals surface area contributed by atoms with E-state index in [4.69, 9.17) is 9.84 Å². The lowest BCUT2D eigenvalue weighted by Crippen LogP contribution is -2.28. The average Bonchev–Trinajstić information content (AvgIpc) is 2.26. The lowest BCUT2D eigenvalue weighted by Gasteiger charge is -2.17. The van der Waals surface area contributed by atoms with Crippen LogP contribution in [0.4, 0.5) is 4.39 Å². The van der Waals surface area contributed by atoms with Crippen LogP contribution in [0.2, 0.25) is 0 Å². The molecule has 6 heteroatoms. The van der Waals surface area contributed by atoms with Crippen LogP contribution in [0.5, 0.6) is 5.75 Å². The van der Waals surface area contributed by atoms with Crippen LogP contribution in [0.15, 0.2) is 18.2 Å². The van der Waals surface area contributed by atoms with Gasteiger partial charge in [-0.15, -0.1) is 0 Å². The zero-order valence-corrected chi connectivity index (χ0v) is 10.1. The SMILES string of the molecule is COc1ccc(C(CC(=O)O)NC(C)=O)cc1F. The zero-order chi connectivity index (χ0) is 13.7. The number of carbonyl (C=O) groups excluding carboxylic acids is 1. The van der Waals surface area contributed by atoms with Gasteiger partial charge >= 0.3 is 5.97 Å². The van der Waals surface area contributed by atoms with Crippen molar-refractivity contribution in [2.45, 2.75) is 19.4 Å². The number of amides is 1. The van der Waals surface area contributed by atoms with Crippen LogP contribution in [0.25, 0.3) is 0 Å². The molecule has 0 fully saturated rings. The molecule has 0 spiro atoms. The number of aliphatic carboxylic acids is 1. The fourth-order valence-electron chi connectivity index (χ4n) is 1.57. The van der Waals surface area contributed by atoms with Gasteiger partial charge < -0.3 is 15.2 Å². The van der Waals surface area contributed by atoms with Crippen LogP contribution in [-0.4, -0.2) is 24.1 Å². The van der Waals surface area contributed by atoms with Crippen LogP contribution in [0.1, 0.15) is 24.9 Å². The summed E-state index contributed by atoms with van der Waals surface area (Å²) in [6.07, 6.45) is -0.314. The molecule has 0 aliphatic rings. The Hall–Kier alpha value is -2.11. The molecule has 0 saturated heterocycles. The number of hydrogen-bond acceptors (Lipinski definition) is 3. The second-order valence-corrected chi connectivity index (χ2v) is 3.74. The standard InChI is InChI=1S/C12H14FNO4/c1-7(15)14-10(6-12(16)17)8-3-4-11(18-2)9(13)5-8/h3-5,10H,6H2,1-2H3,(H,14,15)(H,16,17). The fraction of sp³-hybridized carbons (Fsp3) is 0.333. The van der Waals surface area contributed by atoms with E-state index in [1.165, 1.54) is 26.2 Å². The zero-order valence-electron chi connectivity index (χ0n) is 10.1. The summed E-state index contributed by atoms with van der Waals surface area (Å²) in [4.78, 5) is 21.7. The highest BCUT2D eigenvalue weighted by molar-refractivity contribution is 5.75. The summed E-state index contributed by atoms with van der Waals surface area (Å²) in [5.41, 5.74) is 0.380. The van der Waals surface area contributed by atoms with Crippen molar-refractivity contribution in [1.29, 1.82) is 0 Å². The number of rotatable bonds is 5. The molecule has 1 rings (SSSR count). The van der Waals surface area contributed by atoms with Crippen molar-refractivity contribution in [3.05, 3.63) is 29.6 Å². The van der Waals surface area contributed by atoms with Crippen molar-refractivity contribution in [2.75, 3.05) is 7.11 Å².